The number of aliphatic hydroxyl groups excluding tert-OH is 1. The zero-order valence-electron chi connectivity index (χ0n) is 28.2. The molecule has 5 rings (SSSR count). The number of aliphatic hydroxyl groups is 1. The summed E-state index contributed by atoms with van der Waals surface area (Å²) in [7, 11) is -1.98. The molecule has 1 heterocycles. The van der Waals surface area contributed by atoms with E-state index in [1.807, 2.05) is 86.8 Å². The SMILES string of the molecule is C=CCN(C)C[C@H]1OC(c2cccc(NC(=O)[C@@H](Cc3ccccc3)NS(=O)(=O)c3ccc(C)cc3)c2)O[C@@H](c2ccc(CO)cc2)[C@H]1C. The van der Waals surface area contributed by atoms with Gasteiger partial charge in [-0.1, -0.05) is 97.4 Å². The standard InChI is InChI=1S/C39H45N3O6S/c1-5-22-42(4)25-36-28(3)37(31-18-16-30(26-43)17-19-31)48-39(47-36)32-12-9-13-33(24-32)40-38(44)35(23-29-10-7-6-8-11-29)41-49(45,46)34-20-14-27(2)15-21-34/h5-21,24,28,35-37,39,41,43H,1,22-23,25-26H2,2-4H3,(H,40,44)/t28-,35+,36+,37+,39?/m0/s1. The molecular formula is C39H45N3O6S. The second kappa shape index (κ2) is 16.5. The zero-order chi connectivity index (χ0) is 35.0. The number of nitrogens with zero attached hydrogens (tertiary/aromatic N) is 1. The molecule has 0 aliphatic carbocycles. The van der Waals surface area contributed by atoms with Crippen LogP contribution in [0.25, 0.3) is 0 Å². The normalized spacial score (nSPS) is 20.1. The van der Waals surface area contributed by atoms with Crippen molar-refractivity contribution >= 4 is 21.6 Å². The molecule has 5 atom stereocenters. The summed E-state index contributed by atoms with van der Waals surface area (Å²) < 4.78 is 42.5. The number of carbonyl (C=O) groups is 1. The van der Waals surface area contributed by atoms with Crippen LogP contribution in [-0.2, 0) is 37.3 Å². The Morgan fingerprint density at radius 2 is 1.65 bits per heavy atom. The minimum Gasteiger partial charge on any atom is -0.392 e. The Morgan fingerprint density at radius 3 is 2.33 bits per heavy atom. The number of hydrogen-bond acceptors (Lipinski definition) is 7. The predicted molar refractivity (Wildman–Crippen MR) is 191 cm³/mol. The molecule has 0 bridgehead atoms. The Bertz CT molecular complexity index is 1800. The molecule has 1 aliphatic rings. The molecule has 0 saturated carbocycles. The van der Waals surface area contributed by atoms with Gasteiger partial charge in [-0.15, -0.1) is 6.58 Å². The lowest BCUT2D eigenvalue weighted by Crippen LogP contribution is -2.45. The molecule has 1 aliphatic heterocycles. The van der Waals surface area contributed by atoms with Gasteiger partial charge < -0.3 is 24.8 Å². The maximum absolute atomic E-state index is 13.8. The Balaban J connectivity index is 1.39. The fourth-order valence-corrected chi connectivity index (χ4v) is 7.13. The van der Waals surface area contributed by atoms with Crippen LogP contribution in [0.3, 0.4) is 0 Å². The van der Waals surface area contributed by atoms with Crippen molar-refractivity contribution in [1.82, 2.24) is 9.62 Å². The molecule has 9 nitrogen and oxygen atoms in total. The first-order chi connectivity index (χ1) is 23.6. The zero-order valence-corrected chi connectivity index (χ0v) is 29.0. The molecule has 3 N–H and O–H groups in total. The number of sulfonamides is 1. The fraction of sp³-hybridized carbons (Fsp3) is 0.308. The summed E-state index contributed by atoms with van der Waals surface area (Å²) in [5, 5.41) is 12.5. The van der Waals surface area contributed by atoms with Gasteiger partial charge in [-0.25, -0.2) is 8.42 Å². The first-order valence-corrected chi connectivity index (χ1v) is 17.9. The molecule has 1 unspecified atom stereocenters. The number of carbonyl (C=O) groups excluding carboxylic acids is 1. The van der Waals surface area contributed by atoms with Crippen LogP contribution in [0.2, 0.25) is 0 Å². The molecule has 4 aromatic carbocycles. The number of nitrogens with one attached hydrogen (secondary N) is 2. The van der Waals surface area contributed by atoms with Crippen molar-refractivity contribution < 1.29 is 27.8 Å². The lowest BCUT2D eigenvalue weighted by Gasteiger charge is -2.42. The van der Waals surface area contributed by atoms with Crippen LogP contribution in [0.5, 0.6) is 0 Å². The summed E-state index contributed by atoms with van der Waals surface area (Å²) in [4.78, 5) is 16.0. The molecule has 0 aromatic heterocycles. The van der Waals surface area contributed by atoms with Crippen LogP contribution in [-0.4, -0.2) is 56.6 Å². The van der Waals surface area contributed by atoms with E-state index in [0.29, 0.717) is 24.3 Å². The van der Waals surface area contributed by atoms with Gasteiger partial charge in [-0.05, 0) is 61.3 Å². The van der Waals surface area contributed by atoms with Crippen molar-refractivity contribution in [2.45, 2.75) is 56.3 Å². The largest absolute Gasteiger partial charge is 0.392 e. The van der Waals surface area contributed by atoms with Crippen LogP contribution < -0.4 is 10.0 Å². The highest BCUT2D eigenvalue weighted by atomic mass is 32.2. The predicted octanol–water partition coefficient (Wildman–Crippen LogP) is 5.92. The van der Waals surface area contributed by atoms with Gasteiger partial charge in [-0.3, -0.25) is 4.79 Å². The molecule has 1 amide bonds. The van der Waals surface area contributed by atoms with E-state index in [1.54, 1.807) is 24.3 Å². The van der Waals surface area contributed by atoms with Crippen LogP contribution >= 0.6 is 0 Å². The summed E-state index contributed by atoms with van der Waals surface area (Å²) >= 11 is 0. The Morgan fingerprint density at radius 1 is 0.939 bits per heavy atom. The minimum absolute atomic E-state index is 0.00618. The van der Waals surface area contributed by atoms with E-state index in [4.69, 9.17) is 9.47 Å². The number of ether oxygens (including phenoxy) is 2. The van der Waals surface area contributed by atoms with Gasteiger partial charge in [0, 0.05) is 30.3 Å². The maximum Gasteiger partial charge on any atom is 0.242 e. The van der Waals surface area contributed by atoms with Gasteiger partial charge in [0.1, 0.15) is 6.04 Å². The number of anilines is 1. The first-order valence-electron chi connectivity index (χ1n) is 16.4. The Kier molecular flexibility index (Phi) is 12.2. The Labute approximate surface area is 289 Å². The molecule has 49 heavy (non-hydrogen) atoms. The highest BCUT2D eigenvalue weighted by Crippen LogP contribution is 2.42. The van der Waals surface area contributed by atoms with Gasteiger partial charge >= 0.3 is 0 Å². The molecule has 0 radical (unpaired) electrons. The quantitative estimate of drug-likeness (QED) is 0.141. The lowest BCUT2D eigenvalue weighted by molar-refractivity contribution is -0.275. The van der Waals surface area contributed by atoms with Crippen molar-refractivity contribution in [2.75, 3.05) is 25.5 Å². The molecule has 258 valence electrons. The van der Waals surface area contributed by atoms with Crippen molar-refractivity contribution in [3.05, 3.63) is 144 Å². The summed E-state index contributed by atoms with van der Waals surface area (Å²) in [6.45, 7) is 9.16. The van der Waals surface area contributed by atoms with E-state index in [9.17, 15) is 18.3 Å². The van der Waals surface area contributed by atoms with Crippen molar-refractivity contribution in [2.24, 2.45) is 5.92 Å². The van der Waals surface area contributed by atoms with Crippen molar-refractivity contribution in [1.29, 1.82) is 0 Å². The van der Waals surface area contributed by atoms with Crippen LogP contribution in [0.1, 0.15) is 47.1 Å². The number of aryl methyl sites for hydroxylation is 1. The summed E-state index contributed by atoms with van der Waals surface area (Å²) in [6, 6.07) is 29.7. The number of rotatable bonds is 14. The highest BCUT2D eigenvalue weighted by molar-refractivity contribution is 7.89. The lowest BCUT2D eigenvalue weighted by atomic mass is 9.90. The Hall–Kier alpha value is -4.16. The molecule has 0 spiro atoms. The maximum atomic E-state index is 13.8. The second-order valence-electron chi connectivity index (χ2n) is 12.6. The smallest absolute Gasteiger partial charge is 0.242 e. The highest BCUT2D eigenvalue weighted by Gasteiger charge is 2.39. The summed E-state index contributed by atoms with van der Waals surface area (Å²) in [5.41, 5.74) is 4.72. The number of likely N-dealkylation sites (N-methyl/N-ethyl adjacent to an activating group) is 1. The van der Waals surface area contributed by atoms with Gasteiger partial charge in [0.05, 0.1) is 23.7 Å². The topological polar surface area (TPSA) is 117 Å². The molecule has 1 fully saturated rings. The number of hydrogen-bond donors (Lipinski definition) is 3. The van der Waals surface area contributed by atoms with E-state index in [1.165, 1.54) is 12.1 Å². The third-order valence-electron chi connectivity index (χ3n) is 8.71. The van der Waals surface area contributed by atoms with E-state index in [-0.39, 0.29) is 36.0 Å². The van der Waals surface area contributed by atoms with E-state index >= 15 is 0 Å². The molecular weight excluding hydrogens is 639 g/mol. The monoisotopic (exact) mass is 683 g/mol. The van der Waals surface area contributed by atoms with E-state index < -0.39 is 28.3 Å². The van der Waals surface area contributed by atoms with Crippen LogP contribution in [0.4, 0.5) is 5.69 Å². The first kappa shape index (κ1) is 36.1. The van der Waals surface area contributed by atoms with Crippen molar-refractivity contribution in [3.63, 3.8) is 0 Å². The summed E-state index contributed by atoms with van der Waals surface area (Å²) in [6.07, 6.45) is 0.790. The summed E-state index contributed by atoms with van der Waals surface area (Å²) in [5.74, 6) is -0.492. The fourth-order valence-electron chi connectivity index (χ4n) is 5.93. The average molecular weight is 684 g/mol. The van der Waals surface area contributed by atoms with Gasteiger partial charge in [-0.2, -0.15) is 4.72 Å². The number of benzene rings is 4. The molecule has 10 heteroatoms. The van der Waals surface area contributed by atoms with E-state index in [0.717, 1.165) is 22.3 Å². The van der Waals surface area contributed by atoms with Gasteiger partial charge in [0.25, 0.3) is 0 Å². The van der Waals surface area contributed by atoms with Gasteiger partial charge in [0.2, 0.25) is 15.9 Å². The van der Waals surface area contributed by atoms with Crippen molar-refractivity contribution in [3.8, 4) is 0 Å². The average Bonchev–Trinajstić information content (AvgIpc) is 3.09. The second-order valence-corrected chi connectivity index (χ2v) is 14.3. The molecule has 4 aromatic rings. The third-order valence-corrected chi connectivity index (χ3v) is 10.2. The number of amides is 1. The molecule has 1 saturated heterocycles. The van der Waals surface area contributed by atoms with Gasteiger partial charge in [0.15, 0.2) is 6.29 Å². The third kappa shape index (κ3) is 9.51. The minimum atomic E-state index is -4.00. The van der Waals surface area contributed by atoms with Crippen LogP contribution in [0.15, 0.2) is 121 Å². The van der Waals surface area contributed by atoms with Crippen LogP contribution in [0, 0.1) is 12.8 Å². The van der Waals surface area contributed by atoms with E-state index in [2.05, 4.69) is 28.4 Å².